The minimum absolute atomic E-state index is 0.00825. The van der Waals surface area contributed by atoms with Crippen LogP contribution in [0, 0.1) is 0 Å². The Hall–Kier alpha value is -2.92. The second-order valence-electron chi connectivity index (χ2n) is 6.29. The van der Waals surface area contributed by atoms with Crippen LogP contribution >= 0.6 is 15.9 Å². The quantitative estimate of drug-likeness (QED) is 0.473. The first-order chi connectivity index (χ1) is 13.0. The first-order valence-corrected chi connectivity index (χ1v) is 9.41. The predicted octanol–water partition coefficient (Wildman–Crippen LogP) is 5.52. The fraction of sp³-hybridized carbons (Fsp3) is 0.0909. The summed E-state index contributed by atoms with van der Waals surface area (Å²) >= 11 is 3.51. The molecule has 0 atom stereocenters. The second kappa shape index (κ2) is 7.00. The van der Waals surface area contributed by atoms with Gasteiger partial charge in [-0.25, -0.2) is 0 Å². The van der Waals surface area contributed by atoms with Crippen LogP contribution in [0.4, 0.5) is 5.69 Å². The molecule has 0 saturated heterocycles. The topological polar surface area (TPSA) is 59.3 Å². The van der Waals surface area contributed by atoms with Crippen molar-refractivity contribution in [3.63, 3.8) is 0 Å². The number of nitrogens with one attached hydrogen (secondary N) is 1. The van der Waals surface area contributed by atoms with Crippen molar-refractivity contribution < 1.29 is 9.21 Å². The van der Waals surface area contributed by atoms with Gasteiger partial charge in [-0.3, -0.25) is 9.59 Å². The molecule has 0 spiro atoms. The van der Waals surface area contributed by atoms with Crippen LogP contribution in [0.15, 0.2) is 74.3 Å². The van der Waals surface area contributed by atoms with E-state index in [0.717, 1.165) is 27.2 Å². The van der Waals surface area contributed by atoms with Crippen LogP contribution in [0.25, 0.3) is 21.7 Å². The van der Waals surface area contributed by atoms with Crippen LogP contribution in [0.2, 0.25) is 0 Å². The number of hydrogen-bond acceptors (Lipinski definition) is 3. The fourth-order valence-electron chi connectivity index (χ4n) is 3.05. The summed E-state index contributed by atoms with van der Waals surface area (Å²) in [5.41, 5.74) is 1.87. The Bertz CT molecular complexity index is 1240. The maximum atomic E-state index is 12.6. The third-order valence-corrected chi connectivity index (χ3v) is 5.20. The van der Waals surface area contributed by atoms with E-state index >= 15 is 0 Å². The molecule has 1 N–H and O–H groups in total. The van der Waals surface area contributed by atoms with Crippen LogP contribution in [0.5, 0.6) is 0 Å². The summed E-state index contributed by atoms with van der Waals surface area (Å²) in [6.45, 7) is 2.02. The third kappa shape index (κ3) is 3.38. The summed E-state index contributed by atoms with van der Waals surface area (Å²) in [6, 6.07) is 18.2. The Morgan fingerprint density at radius 1 is 1.04 bits per heavy atom. The average molecular weight is 422 g/mol. The van der Waals surface area contributed by atoms with Gasteiger partial charge in [0.15, 0.2) is 11.2 Å². The zero-order valence-electron chi connectivity index (χ0n) is 14.6. The van der Waals surface area contributed by atoms with Gasteiger partial charge in [0.25, 0.3) is 5.91 Å². The van der Waals surface area contributed by atoms with Gasteiger partial charge in [0.05, 0.1) is 5.39 Å². The number of aryl methyl sites for hydroxylation is 1. The summed E-state index contributed by atoms with van der Waals surface area (Å²) in [4.78, 5) is 25.0. The molecule has 1 heterocycles. The number of carbonyl (C=O) groups excluding carboxylic acids is 1. The molecule has 27 heavy (non-hydrogen) atoms. The van der Waals surface area contributed by atoms with Gasteiger partial charge < -0.3 is 9.73 Å². The number of rotatable bonds is 3. The molecule has 0 aliphatic heterocycles. The summed E-state index contributed by atoms with van der Waals surface area (Å²) in [7, 11) is 0. The predicted molar refractivity (Wildman–Crippen MR) is 111 cm³/mol. The molecule has 1 amide bonds. The molecule has 0 bridgehead atoms. The van der Waals surface area contributed by atoms with Gasteiger partial charge in [-0.05, 0) is 53.1 Å². The van der Waals surface area contributed by atoms with Crippen molar-refractivity contribution in [1.82, 2.24) is 0 Å². The summed E-state index contributed by atoms with van der Waals surface area (Å²) in [5.74, 6) is -0.464. The van der Waals surface area contributed by atoms with Crippen LogP contribution in [0.1, 0.15) is 23.0 Å². The highest BCUT2D eigenvalue weighted by molar-refractivity contribution is 9.10. The van der Waals surface area contributed by atoms with E-state index in [1.165, 1.54) is 6.07 Å². The van der Waals surface area contributed by atoms with E-state index in [4.69, 9.17) is 4.42 Å². The van der Waals surface area contributed by atoms with Gasteiger partial charge in [0.1, 0.15) is 5.58 Å². The molecule has 0 fully saturated rings. The highest BCUT2D eigenvalue weighted by Crippen LogP contribution is 2.26. The van der Waals surface area contributed by atoms with Crippen molar-refractivity contribution in [2.75, 3.05) is 5.32 Å². The lowest BCUT2D eigenvalue weighted by atomic mass is 10.1. The van der Waals surface area contributed by atoms with E-state index in [-0.39, 0.29) is 11.2 Å². The van der Waals surface area contributed by atoms with E-state index in [1.54, 1.807) is 6.07 Å². The molecular weight excluding hydrogens is 406 g/mol. The van der Waals surface area contributed by atoms with E-state index in [9.17, 15) is 9.59 Å². The Labute approximate surface area is 163 Å². The summed E-state index contributed by atoms with van der Waals surface area (Å²) < 4.78 is 6.65. The number of halogens is 1. The van der Waals surface area contributed by atoms with Gasteiger partial charge in [0, 0.05) is 16.2 Å². The Morgan fingerprint density at radius 2 is 1.89 bits per heavy atom. The van der Waals surface area contributed by atoms with Crippen LogP contribution < -0.4 is 10.7 Å². The second-order valence-corrected chi connectivity index (χ2v) is 7.14. The number of anilines is 1. The summed E-state index contributed by atoms with van der Waals surface area (Å²) in [5, 5.41) is 5.33. The standard InChI is InChI=1S/C22H16BrNO3/c1-2-13-6-9-20-17(10-13)19(25)12-21(27-20)22(26)24-15-7-8-16-14(11-15)4-3-5-18(16)23/h3-12H,2H2,1H3,(H,24,26). The Balaban J connectivity index is 1.68. The third-order valence-electron chi connectivity index (χ3n) is 4.51. The molecule has 5 heteroatoms. The Morgan fingerprint density at radius 3 is 2.70 bits per heavy atom. The molecule has 134 valence electrons. The lowest BCUT2D eigenvalue weighted by Crippen LogP contribution is -2.15. The molecular formula is C22H16BrNO3. The van der Waals surface area contributed by atoms with Gasteiger partial charge >= 0.3 is 0 Å². The van der Waals surface area contributed by atoms with Crippen LogP contribution in [-0.2, 0) is 6.42 Å². The molecule has 0 radical (unpaired) electrons. The minimum Gasteiger partial charge on any atom is -0.451 e. The highest BCUT2D eigenvalue weighted by Gasteiger charge is 2.13. The maximum Gasteiger partial charge on any atom is 0.291 e. The molecule has 0 unspecified atom stereocenters. The van der Waals surface area contributed by atoms with Crippen molar-refractivity contribution >= 4 is 49.3 Å². The van der Waals surface area contributed by atoms with Crippen molar-refractivity contribution in [3.8, 4) is 0 Å². The van der Waals surface area contributed by atoms with E-state index in [1.807, 2.05) is 55.5 Å². The molecule has 4 rings (SSSR count). The number of benzene rings is 3. The first-order valence-electron chi connectivity index (χ1n) is 8.61. The van der Waals surface area contributed by atoms with Gasteiger partial charge in [-0.2, -0.15) is 0 Å². The van der Waals surface area contributed by atoms with Crippen molar-refractivity contribution in [2.24, 2.45) is 0 Å². The minimum atomic E-state index is -0.456. The zero-order chi connectivity index (χ0) is 19.0. The SMILES string of the molecule is CCc1ccc2oc(C(=O)Nc3ccc4c(Br)cccc4c3)cc(=O)c2c1. The molecule has 0 saturated carbocycles. The van der Waals surface area contributed by atoms with Gasteiger partial charge in [-0.15, -0.1) is 0 Å². The largest absolute Gasteiger partial charge is 0.451 e. The lowest BCUT2D eigenvalue weighted by molar-refractivity contribution is 0.0997. The monoisotopic (exact) mass is 421 g/mol. The zero-order valence-corrected chi connectivity index (χ0v) is 16.2. The molecule has 0 aliphatic carbocycles. The smallest absolute Gasteiger partial charge is 0.291 e. The maximum absolute atomic E-state index is 12.6. The lowest BCUT2D eigenvalue weighted by Gasteiger charge is -2.08. The Kier molecular flexibility index (Phi) is 4.54. The number of fused-ring (bicyclic) bond motifs is 2. The van der Waals surface area contributed by atoms with Crippen LogP contribution in [-0.4, -0.2) is 5.91 Å². The number of hydrogen-bond donors (Lipinski definition) is 1. The van der Waals surface area contributed by atoms with E-state index in [2.05, 4.69) is 21.2 Å². The molecule has 3 aromatic carbocycles. The van der Waals surface area contributed by atoms with Crippen molar-refractivity contribution in [3.05, 3.63) is 86.7 Å². The van der Waals surface area contributed by atoms with Gasteiger partial charge in [-0.1, -0.05) is 47.1 Å². The van der Waals surface area contributed by atoms with Gasteiger partial charge in [0.2, 0.25) is 0 Å². The van der Waals surface area contributed by atoms with Crippen LogP contribution in [0.3, 0.4) is 0 Å². The van der Waals surface area contributed by atoms with E-state index < -0.39 is 5.91 Å². The van der Waals surface area contributed by atoms with E-state index in [0.29, 0.717) is 16.7 Å². The summed E-state index contributed by atoms with van der Waals surface area (Å²) in [6.07, 6.45) is 0.829. The number of amides is 1. The highest BCUT2D eigenvalue weighted by atomic mass is 79.9. The number of carbonyl (C=O) groups is 1. The van der Waals surface area contributed by atoms with Crippen molar-refractivity contribution in [1.29, 1.82) is 0 Å². The molecule has 0 aliphatic rings. The fourth-order valence-corrected chi connectivity index (χ4v) is 3.56. The first kappa shape index (κ1) is 17.5. The normalized spacial score (nSPS) is 11.0. The average Bonchev–Trinajstić information content (AvgIpc) is 2.67. The van der Waals surface area contributed by atoms with Crippen molar-refractivity contribution in [2.45, 2.75) is 13.3 Å². The molecule has 1 aromatic heterocycles. The molecule has 4 nitrogen and oxygen atoms in total. The molecule has 4 aromatic rings.